The zero-order valence-electron chi connectivity index (χ0n) is 15.2. The summed E-state index contributed by atoms with van der Waals surface area (Å²) in [7, 11) is 0. The van der Waals surface area contributed by atoms with Crippen LogP contribution in [0, 0.1) is 18.8 Å². The number of benzene rings is 1. The maximum atomic E-state index is 12.7. The lowest BCUT2D eigenvalue weighted by Crippen LogP contribution is -2.53. The molecule has 1 aromatic rings. The number of amides is 2. The van der Waals surface area contributed by atoms with Crippen LogP contribution in [-0.2, 0) is 4.79 Å². The van der Waals surface area contributed by atoms with Gasteiger partial charge < -0.3 is 16.4 Å². The Bertz CT molecular complexity index is 592. The zero-order valence-corrected chi connectivity index (χ0v) is 16.1. The minimum Gasteiger partial charge on any atom is -0.351 e. The van der Waals surface area contributed by atoms with Crippen LogP contribution in [0.15, 0.2) is 24.3 Å². The fourth-order valence-corrected chi connectivity index (χ4v) is 3.33. The van der Waals surface area contributed by atoms with Crippen LogP contribution in [0.5, 0.6) is 0 Å². The van der Waals surface area contributed by atoms with Crippen molar-refractivity contribution in [2.24, 2.45) is 17.6 Å². The first kappa shape index (κ1) is 21.5. The van der Waals surface area contributed by atoms with E-state index in [9.17, 15) is 9.59 Å². The molecule has 0 spiro atoms. The lowest BCUT2D eigenvalue weighted by Gasteiger charge is -2.26. The lowest BCUT2D eigenvalue weighted by molar-refractivity contribution is -0.124. The molecule has 3 unspecified atom stereocenters. The van der Waals surface area contributed by atoms with E-state index in [-0.39, 0.29) is 36.2 Å². The largest absolute Gasteiger partial charge is 0.351 e. The highest BCUT2D eigenvalue weighted by Crippen LogP contribution is 2.24. The topological polar surface area (TPSA) is 84.2 Å². The summed E-state index contributed by atoms with van der Waals surface area (Å²) in [5.41, 5.74) is 7.38. The van der Waals surface area contributed by atoms with E-state index < -0.39 is 6.04 Å². The Morgan fingerprint density at radius 1 is 1.28 bits per heavy atom. The number of carbonyl (C=O) groups excluding carboxylic acids is 2. The Balaban J connectivity index is 0.00000312. The van der Waals surface area contributed by atoms with Crippen LogP contribution in [0.25, 0.3) is 0 Å². The Kier molecular flexibility index (Phi) is 8.39. The molecule has 0 heterocycles. The Hall–Kier alpha value is -1.59. The van der Waals surface area contributed by atoms with E-state index in [1.165, 1.54) is 0 Å². The summed E-state index contributed by atoms with van der Waals surface area (Å²) in [6.45, 7) is 6.41. The zero-order chi connectivity index (χ0) is 17.7. The van der Waals surface area contributed by atoms with Gasteiger partial charge in [-0.25, -0.2) is 0 Å². The number of nitrogens with one attached hydrogen (secondary N) is 2. The molecular weight excluding hydrogens is 338 g/mol. The number of hydrogen-bond donors (Lipinski definition) is 3. The summed E-state index contributed by atoms with van der Waals surface area (Å²) in [4.78, 5) is 25.1. The molecule has 1 aliphatic rings. The molecule has 0 aromatic heterocycles. The normalized spacial score (nSPS) is 20.7. The van der Waals surface area contributed by atoms with Crippen LogP contribution in [0.2, 0.25) is 0 Å². The fourth-order valence-electron chi connectivity index (χ4n) is 3.33. The number of rotatable bonds is 6. The lowest BCUT2D eigenvalue weighted by atomic mass is 9.99. The minimum atomic E-state index is -0.544. The SMILES string of the molecule is Cc1cccc(C(=O)NC(C(=O)NC2CCCC2CN)C(C)C)c1.Cl. The van der Waals surface area contributed by atoms with Crippen LogP contribution in [0.1, 0.15) is 49.0 Å². The van der Waals surface area contributed by atoms with Crippen molar-refractivity contribution in [1.82, 2.24) is 10.6 Å². The van der Waals surface area contributed by atoms with Gasteiger partial charge in [0.2, 0.25) is 5.91 Å². The van der Waals surface area contributed by atoms with Gasteiger partial charge in [0.25, 0.3) is 5.91 Å². The number of carbonyl (C=O) groups is 2. The van der Waals surface area contributed by atoms with Crippen molar-refractivity contribution < 1.29 is 9.59 Å². The predicted octanol–water partition coefficient (Wildman–Crippen LogP) is 2.41. The van der Waals surface area contributed by atoms with E-state index in [1.54, 1.807) is 6.07 Å². The molecule has 1 saturated carbocycles. The van der Waals surface area contributed by atoms with Crippen molar-refractivity contribution in [2.45, 2.75) is 52.1 Å². The molecule has 2 amide bonds. The maximum absolute atomic E-state index is 12.7. The van der Waals surface area contributed by atoms with Gasteiger partial charge >= 0.3 is 0 Å². The molecule has 25 heavy (non-hydrogen) atoms. The monoisotopic (exact) mass is 367 g/mol. The third kappa shape index (κ3) is 5.72. The van der Waals surface area contributed by atoms with Gasteiger partial charge in [0.05, 0.1) is 0 Å². The van der Waals surface area contributed by atoms with Crippen LogP contribution in [0.3, 0.4) is 0 Å². The van der Waals surface area contributed by atoms with Crippen LogP contribution in [-0.4, -0.2) is 30.4 Å². The molecule has 4 N–H and O–H groups in total. The highest BCUT2D eigenvalue weighted by atomic mass is 35.5. The average molecular weight is 368 g/mol. The molecule has 3 atom stereocenters. The van der Waals surface area contributed by atoms with E-state index in [4.69, 9.17) is 5.73 Å². The molecular formula is C19H30ClN3O2. The molecule has 0 saturated heterocycles. The minimum absolute atomic E-state index is 0. The number of halogens is 1. The summed E-state index contributed by atoms with van der Waals surface area (Å²) in [5.74, 6) is 0.0245. The van der Waals surface area contributed by atoms with Gasteiger partial charge in [-0.05, 0) is 50.3 Å². The third-order valence-electron chi connectivity index (χ3n) is 4.81. The van der Waals surface area contributed by atoms with E-state index in [0.29, 0.717) is 18.0 Å². The second-order valence-corrected chi connectivity index (χ2v) is 7.11. The van der Waals surface area contributed by atoms with Gasteiger partial charge in [0.1, 0.15) is 6.04 Å². The van der Waals surface area contributed by atoms with Gasteiger partial charge in [-0.1, -0.05) is 38.0 Å². The quantitative estimate of drug-likeness (QED) is 0.721. The van der Waals surface area contributed by atoms with Crippen molar-refractivity contribution in [3.8, 4) is 0 Å². The Morgan fingerprint density at radius 2 is 2.00 bits per heavy atom. The standard InChI is InChI=1S/C19H29N3O2.ClH/c1-12(2)17(19(24)21-16-9-5-8-15(16)11-20)22-18(23)14-7-4-6-13(3)10-14;/h4,6-7,10,12,15-17H,5,8-9,11,20H2,1-3H3,(H,21,24)(H,22,23);1H. The smallest absolute Gasteiger partial charge is 0.251 e. The van der Waals surface area contributed by atoms with Crippen molar-refractivity contribution in [2.75, 3.05) is 6.54 Å². The van der Waals surface area contributed by atoms with Gasteiger partial charge in [0, 0.05) is 11.6 Å². The van der Waals surface area contributed by atoms with Crippen LogP contribution in [0.4, 0.5) is 0 Å². The van der Waals surface area contributed by atoms with Crippen molar-refractivity contribution >= 4 is 24.2 Å². The summed E-state index contributed by atoms with van der Waals surface area (Å²) in [6.07, 6.45) is 3.11. The second kappa shape index (κ2) is 9.78. The highest BCUT2D eigenvalue weighted by molar-refractivity contribution is 5.97. The van der Waals surface area contributed by atoms with Crippen LogP contribution < -0.4 is 16.4 Å². The molecule has 5 nitrogen and oxygen atoms in total. The number of nitrogens with two attached hydrogens (primary N) is 1. The first-order valence-electron chi connectivity index (χ1n) is 8.80. The van der Waals surface area contributed by atoms with Gasteiger partial charge in [-0.15, -0.1) is 12.4 Å². The van der Waals surface area contributed by atoms with Gasteiger partial charge in [-0.3, -0.25) is 9.59 Å². The van der Waals surface area contributed by atoms with E-state index in [1.807, 2.05) is 39.0 Å². The fraction of sp³-hybridized carbons (Fsp3) is 0.579. The molecule has 0 radical (unpaired) electrons. The Morgan fingerprint density at radius 3 is 2.60 bits per heavy atom. The molecule has 0 aliphatic heterocycles. The summed E-state index contributed by atoms with van der Waals surface area (Å²) in [6, 6.07) is 6.96. The van der Waals surface area contributed by atoms with Gasteiger partial charge in [-0.2, -0.15) is 0 Å². The highest BCUT2D eigenvalue weighted by Gasteiger charge is 2.31. The van der Waals surface area contributed by atoms with Gasteiger partial charge in [0.15, 0.2) is 0 Å². The first-order valence-corrected chi connectivity index (χ1v) is 8.80. The van der Waals surface area contributed by atoms with E-state index in [0.717, 1.165) is 24.8 Å². The Labute approximate surface area is 156 Å². The van der Waals surface area contributed by atoms with Crippen molar-refractivity contribution in [3.63, 3.8) is 0 Å². The van der Waals surface area contributed by atoms with E-state index >= 15 is 0 Å². The molecule has 140 valence electrons. The van der Waals surface area contributed by atoms with Crippen molar-refractivity contribution in [3.05, 3.63) is 35.4 Å². The molecule has 1 aliphatic carbocycles. The molecule has 2 rings (SSSR count). The number of aryl methyl sites for hydroxylation is 1. The first-order chi connectivity index (χ1) is 11.4. The van der Waals surface area contributed by atoms with E-state index in [2.05, 4.69) is 10.6 Å². The summed E-state index contributed by atoms with van der Waals surface area (Å²) >= 11 is 0. The average Bonchev–Trinajstić information content (AvgIpc) is 2.99. The maximum Gasteiger partial charge on any atom is 0.251 e. The second-order valence-electron chi connectivity index (χ2n) is 7.11. The molecule has 6 heteroatoms. The molecule has 1 aromatic carbocycles. The predicted molar refractivity (Wildman–Crippen MR) is 103 cm³/mol. The summed E-state index contributed by atoms with van der Waals surface area (Å²) < 4.78 is 0. The number of hydrogen-bond acceptors (Lipinski definition) is 3. The molecule has 0 bridgehead atoms. The van der Waals surface area contributed by atoms with Crippen molar-refractivity contribution in [1.29, 1.82) is 0 Å². The molecule has 1 fully saturated rings. The summed E-state index contributed by atoms with van der Waals surface area (Å²) in [5, 5.41) is 5.98. The van der Waals surface area contributed by atoms with Crippen LogP contribution >= 0.6 is 12.4 Å². The third-order valence-corrected chi connectivity index (χ3v) is 4.81.